The minimum atomic E-state index is -0.147. The third kappa shape index (κ3) is 5.17. The average molecular weight is 458 g/mol. The van der Waals surface area contributed by atoms with Gasteiger partial charge in [0.15, 0.2) is 5.16 Å². The SMILES string of the molecule is Cc1cc(C)cc(-n2c(SCC(=O)Nc3ccc(C(C)C)cc3)nc3ccccc3c2=O)c1. The predicted octanol–water partition coefficient (Wildman–Crippen LogP) is 5.86. The molecule has 0 aliphatic heterocycles. The zero-order valence-electron chi connectivity index (χ0n) is 19.3. The summed E-state index contributed by atoms with van der Waals surface area (Å²) in [6.45, 7) is 8.27. The zero-order chi connectivity index (χ0) is 23.5. The van der Waals surface area contributed by atoms with Gasteiger partial charge in [-0.15, -0.1) is 0 Å². The van der Waals surface area contributed by atoms with E-state index < -0.39 is 0 Å². The normalized spacial score (nSPS) is 11.2. The highest BCUT2D eigenvalue weighted by molar-refractivity contribution is 7.99. The monoisotopic (exact) mass is 457 g/mol. The summed E-state index contributed by atoms with van der Waals surface area (Å²) < 4.78 is 1.61. The minimum Gasteiger partial charge on any atom is -0.325 e. The molecule has 0 saturated carbocycles. The van der Waals surface area contributed by atoms with Crippen molar-refractivity contribution in [2.24, 2.45) is 0 Å². The number of fused-ring (bicyclic) bond motifs is 1. The molecule has 1 N–H and O–H groups in total. The Morgan fingerprint density at radius 2 is 1.67 bits per heavy atom. The van der Waals surface area contributed by atoms with E-state index >= 15 is 0 Å². The fourth-order valence-corrected chi connectivity index (χ4v) is 4.61. The van der Waals surface area contributed by atoms with Crippen LogP contribution in [0.15, 0.2) is 76.7 Å². The van der Waals surface area contributed by atoms with Crippen molar-refractivity contribution < 1.29 is 4.79 Å². The minimum absolute atomic E-state index is 0.140. The highest BCUT2D eigenvalue weighted by Crippen LogP contribution is 2.23. The molecule has 0 radical (unpaired) electrons. The Balaban J connectivity index is 1.64. The molecule has 4 rings (SSSR count). The summed E-state index contributed by atoms with van der Waals surface area (Å²) >= 11 is 1.26. The largest absolute Gasteiger partial charge is 0.325 e. The number of aromatic nitrogens is 2. The Labute approximate surface area is 197 Å². The molecule has 4 aromatic rings. The Bertz CT molecular complexity index is 1350. The number of thioether (sulfide) groups is 1. The molecule has 5 nitrogen and oxygen atoms in total. The van der Waals surface area contributed by atoms with E-state index in [1.165, 1.54) is 17.3 Å². The number of nitrogens with one attached hydrogen (secondary N) is 1. The Morgan fingerprint density at radius 3 is 2.33 bits per heavy atom. The highest BCUT2D eigenvalue weighted by atomic mass is 32.2. The maximum absolute atomic E-state index is 13.4. The molecule has 33 heavy (non-hydrogen) atoms. The van der Waals surface area contributed by atoms with Crippen LogP contribution in [0.25, 0.3) is 16.6 Å². The number of hydrogen-bond donors (Lipinski definition) is 1. The van der Waals surface area contributed by atoms with Crippen LogP contribution in [0.5, 0.6) is 0 Å². The molecule has 0 spiro atoms. The van der Waals surface area contributed by atoms with E-state index in [0.29, 0.717) is 22.0 Å². The zero-order valence-corrected chi connectivity index (χ0v) is 20.1. The van der Waals surface area contributed by atoms with Crippen LogP contribution in [0.4, 0.5) is 5.69 Å². The lowest BCUT2D eigenvalue weighted by molar-refractivity contribution is -0.113. The molecule has 0 bridgehead atoms. The van der Waals surface area contributed by atoms with Crippen molar-refractivity contribution in [1.82, 2.24) is 9.55 Å². The molecule has 1 amide bonds. The number of aryl methyl sites for hydroxylation is 2. The van der Waals surface area contributed by atoms with Crippen LogP contribution in [0.1, 0.15) is 36.5 Å². The molecular weight excluding hydrogens is 430 g/mol. The van der Waals surface area contributed by atoms with Gasteiger partial charge in [0.1, 0.15) is 0 Å². The number of nitrogens with zero attached hydrogens (tertiary/aromatic N) is 2. The van der Waals surface area contributed by atoms with Crippen molar-refractivity contribution in [2.75, 3.05) is 11.1 Å². The number of para-hydroxylation sites is 1. The van der Waals surface area contributed by atoms with Gasteiger partial charge in [-0.05, 0) is 72.9 Å². The molecule has 0 aliphatic carbocycles. The number of carbonyl (C=O) groups excluding carboxylic acids is 1. The first-order valence-electron chi connectivity index (χ1n) is 10.9. The number of amides is 1. The average Bonchev–Trinajstić information content (AvgIpc) is 2.77. The van der Waals surface area contributed by atoms with Crippen molar-refractivity contribution in [1.29, 1.82) is 0 Å². The van der Waals surface area contributed by atoms with Gasteiger partial charge < -0.3 is 5.32 Å². The van der Waals surface area contributed by atoms with E-state index in [1.54, 1.807) is 10.6 Å². The molecule has 0 saturated heterocycles. The predicted molar refractivity (Wildman–Crippen MR) is 137 cm³/mol. The molecule has 3 aromatic carbocycles. The molecule has 168 valence electrons. The highest BCUT2D eigenvalue weighted by Gasteiger charge is 2.15. The number of anilines is 1. The van der Waals surface area contributed by atoms with Crippen molar-refractivity contribution in [3.05, 3.63) is 93.8 Å². The van der Waals surface area contributed by atoms with Crippen LogP contribution >= 0.6 is 11.8 Å². The third-order valence-corrected chi connectivity index (χ3v) is 6.34. The van der Waals surface area contributed by atoms with E-state index in [9.17, 15) is 9.59 Å². The molecular formula is C27H27N3O2S. The van der Waals surface area contributed by atoms with Crippen molar-refractivity contribution in [3.8, 4) is 5.69 Å². The molecule has 1 aromatic heterocycles. The lowest BCUT2D eigenvalue weighted by Crippen LogP contribution is -2.23. The van der Waals surface area contributed by atoms with Gasteiger partial charge in [0.05, 0.1) is 22.3 Å². The molecule has 0 aliphatic rings. The van der Waals surface area contributed by atoms with Crippen molar-refractivity contribution in [3.63, 3.8) is 0 Å². The maximum atomic E-state index is 13.4. The first kappa shape index (κ1) is 22.8. The van der Waals surface area contributed by atoms with Gasteiger partial charge >= 0.3 is 0 Å². The lowest BCUT2D eigenvalue weighted by atomic mass is 10.0. The van der Waals surface area contributed by atoms with Crippen LogP contribution in [0.2, 0.25) is 0 Å². The standard InChI is InChI=1S/C27H27N3O2S/c1-17(2)20-9-11-21(12-10-20)28-25(31)16-33-27-29-24-8-6-5-7-23(24)26(32)30(27)22-14-18(3)13-19(4)15-22/h5-15,17H,16H2,1-4H3,(H,28,31). The summed E-state index contributed by atoms with van der Waals surface area (Å²) in [5.41, 5.74) is 5.33. The maximum Gasteiger partial charge on any atom is 0.266 e. The Hall–Kier alpha value is -3.38. The lowest BCUT2D eigenvalue weighted by Gasteiger charge is -2.14. The van der Waals surface area contributed by atoms with E-state index in [4.69, 9.17) is 4.98 Å². The van der Waals surface area contributed by atoms with Crippen molar-refractivity contribution >= 4 is 34.3 Å². The Morgan fingerprint density at radius 1 is 1.00 bits per heavy atom. The van der Waals surface area contributed by atoms with Gasteiger partial charge in [-0.25, -0.2) is 4.98 Å². The van der Waals surface area contributed by atoms with Gasteiger partial charge in [-0.3, -0.25) is 14.2 Å². The topological polar surface area (TPSA) is 64.0 Å². The summed E-state index contributed by atoms with van der Waals surface area (Å²) in [5.74, 6) is 0.430. The van der Waals surface area contributed by atoms with Crippen LogP contribution in [-0.2, 0) is 4.79 Å². The summed E-state index contributed by atoms with van der Waals surface area (Å²) in [6, 6.07) is 21.2. The molecule has 0 fully saturated rings. The van der Waals surface area contributed by atoms with Crippen LogP contribution in [0, 0.1) is 13.8 Å². The summed E-state index contributed by atoms with van der Waals surface area (Å²) in [6.07, 6.45) is 0. The molecule has 1 heterocycles. The van der Waals surface area contributed by atoms with Gasteiger partial charge in [-0.2, -0.15) is 0 Å². The third-order valence-electron chi connectivity index (χ3n) is 5.40. The van der Waals surface area contributed by atoms with Gasteiger partial charge in [0.25, 0.3) is 5.56 Å². The van der Waals surface area contributed by atoms with E-state index in [-0.39, 0.29) is 17.2 Å². The summed E-state index contributed by atoms with van der Waals surface area (Å²) in [5, 5.41) is 3.98. The number of benzene rings is 3. The smallest absolute Gasteiger partial charge is 0.266 e. The van der Waals surface area contributed by atoms with Gasteiger partial charge in [-0.1, -0.05) is 55.9 Å². The second-order valence-corrected chi connectivity index (χ2v) is 9.45. The fraction of sp³-hybridized carbons (Fsp3) is 0.222. The second-order valence-electron chi connectivity index (χ2n) is 8.51. The quantitative estimate of drug-likeness (QED) is 0.291. The fourth-order valence-electron chi connectivity index (χ4n) is 3.80. The van der Waals surface area contributed by atoms with Crippen LogP contribution in [0.3, 0.4) is 0 Å². The van der Waals surface area contributed by atoms with Crippen molar-refractivity contribution in [2.45, 2.75) is 38.8 Å². The summed E-state index contributed by atoms with van der Waals surface area (Å²) in [7, 11) is 0. The van der Waals surface area contributed by atoms with E-state index in [1.807, 2.05) is 68.4 Å². The number of hydrogen-bond acceptors (Lipinski definition) is 4. The van der Waals surface area contributed by atoms with E-state index in [0.717, 1.165) is 22.5 Å². The molecule has 0 unspecified atom stereocenters. The molecule has 6 heteroatoms. The number of rotatable bonds is 6. The first-order valence-corrected chi connectivity index (χ1v) is 11.9. The van der Waals surface area contributed by atoms with Gasteiger partial charge in [0, 0.05) is 5.69 Å². The van der Waals surface area contributed by atoms with Crippen LogP contribution < -0.4 is 10.9 Å². The molecule has 0 atom stereocenters. The van der Waals surface area contributed by atoms with Gasteiger partial charge in [0.2, 0.25) is 5.91 Å². The summed E-state index contributed by atoms with van der Waals surface area (Å²) in [4.78, 5) is 30.8. The number of carbonyl (C=O) groups is 1. The Kier molecular flexibility index (Phi) is 6.65. The van der Waals surface area contributed by atoms with E-state index in [2.05, 4.69) is 25.2 Å². The van der Waals surface area contributed by atoms with Crippen LogP contribution in [-0.4, -0.2) is 21.2 Å². The first-order chi connectivity index (χ1) is 15.8. The second kappa shape index (κ2) is 9.63.